The largest absolute Gasteiger partial charge is 0.497 e. The Labute approximate surface area is 258 Å². The summed E-state index contributed by atoms with van der Waals surface area (Å²) in [6.45, 7) is 3.39. The zero-order valence-corrected chi connectivity index (χ0v) is 26.4. The van der Waals surface area contributed by atoms with Gasteiger partial charge in [0.1, 0.15) is 5.75 Å². The second kappa shape index (κ2) is 15.0. The summed E-state index contributed by atoms with van der Waals surface area (Å²) in [5.74, 6) is 0.691. The molecular formula is C31H43N3O7S2. The van der Waals surface area contributed by atoms with Crippen molar-refractivity contribution in [2.24, 2.45) is 0 Å². The molecule has 0 spiro atoms. The molecule has 0 saturated carbocycles. The Bertz CT molecular complexity index is 1300. The fourth-order valence-corrected chi connectivity index (χ4v) is 8.36. The third kappa shape index (κ3) is 7.98. The summed E-state index contributed by atoms with van der Waals surface area (Å²) >= 11 is 1.63. The van der Waals surface area contributed by atoms with E-state index in [0.29, 0.717) is 37.1 Å². The zero-order chi connectivity index (χ0) is 30.2. The van der Waals surface area contributed by atoms with Gasteiger partial charge in [0.05, 0.1) is 25.2 Å². The van der Waals surface area contributed by atoms with Crippen molar-refractivity contribution >= 4 is 27.3 Å². The maximum absolute atomic E-state index is 13.6. The van der Waals surface area contributed by atoms with Gasteiger partial charge < -0.3 is 29.1 Å². The van der Waals surface area contributed by atoms with Gasteiger partial charge in [0, 0.05) is 49.4 Å². The molecule has 0 radical (unpaired) electrons. The van der Waals surface area contributed by atoms with E-state index < -0.39 is 16.3 Å². The number of thiophene rings is 1. The van der Waals surface area contributed by atoms with Crippen LogP contribution in [0.25, 0.3) is 0 Å². The van der Waals surface area contributed by atoms with Crippen LogP contribution in [0.5, 0.6) is 5.75 Å². The molecule has 1 aromatic carbocycles. The van der Waals surface area contributed by atoms with E-state index in [9.17, 15) is 18.3 Å². The van der Waals surface area contributed by atoms with E-state index in [1.54, 1.807) is 23.5 Å². The molecule has 10 nitrogen and oxygen atoms in total. The Hall–Kier alpha value is -2.48. The number of ether oxygens (including phenoxy) is 3. The first-order valence-corrected chi connectivity index (χ1v) is 17.5. The molecule has 2 aromatic rings. The molecule has 43 heavy (non-hydrogen) atoms. The molecule has 0 bridgehead atoms. The highest BCUT2D eigenvalue weighted by Crippen LogP contribution is 2.35. The predicted octanol–water partition coefficient (Wildman–Crippen LogP) is 3.65. The van der Waals surface area contributed by atoms with Gasteiger partial charge in [-0.25, -0.2) is 8.42 Å². The van der Waals surface area contributed by atoms with Crippen molar-refractivity contribution < 1.29 is 32.5 Å². The molecule has 3 aliphatic rings. The third-order valence-corrected chi connectivity index (χ3v) is 11.4. The summed E-state index contributed by atoms with van der Waals surface area (Å²) in [5.41, 5.74) is 0. The average molecular weight is 634 g/mol. The number of carbonyl (C=O) groups is 1. The van der Waals surface area contributed by atoms with Crippen molar-refractivity contribution in [1.29, 1.82) is 0 Å². The van der Waals surface area contributed by atoms with Gasteiger partial charge in [0.15, 0.2) is 5.76 Å². The molecule has 1 amide bonds. The number of sulfonamides is 1. The molecule has 1 N–H and O–H groups in total. The van der Waals surface area contributed by atoms with Gasteiger partial charge in [-0.1, -0.05) is 12.5 Å². The molecule has 0 aliphatic carbocycles. The van der Waals surface area contributed by atoms with E-state index in [4.69, 9.17) is 14.2 Å². The van der Waals surface area contributed by atoms with Crippen LogP contribution >= 0.6 is 11.3 Å². The molecule has 4 heterocycles. The first-order chi connectivity index (χ1) is 20.9. The number of likely N-dealkylation sites (tertiary alicyclic amines) is 2. The Balaban J connectivity index is 1.21. The molecule has 2 atom stereocenters. The number of rotatable bonds is 12. The maximum atomic E-state index is 13.6. The zero-order valence-electron chi connectivity index (χ0n) is 24.8. The quantitative estimate of drug-likeness (QED) is 0.378. The number of aliphatic hydroxyl groups excluding tert-OH is 1. The minimum Gasteiger partial charge on any atom is -0.497 e. The van der Waals surface area contributed by atoms with Crippen LogP contribution in [0.4, 0.5) is 0 Å². The minimum atomic E-state index is -3.87. The van der Waals surface area contributed by atoms with Crippen LogP contribution in [0.1, 0.15) is 49.3 Å². The van der Waals surface area contributed by atoms with E-state index in [2.05, 4.69) is 4.90 Å². The number of methoxy groups -OCH3 is 1. The summed E-state index contributed by atoms with van der Waals surface area (Å²) in [4.78, 5) is 19.3. The van der Waals surface area contributed by atoms with E-state index >= 15 is 0 Å². The first-order valence-electron chi connectivity index (χ1n) is 15.2. The Kier molecular flexibility index (Phi) is 11.1. The average Bonchev–Trinajstić information content (AvgIpc) is 3.60. The molecule has 236 valence electrons. The summed E-state index contributed by atoms with van der Waals surface area (Å²) < 4.78 is 45.1. The van der Waals surface area contributed by atoms with Crippen molar-refractivity contribution in [2.45, 2.75) is 61.7 Å². The Morgan fingerprint density at radius 3 is 2.47 bits per heavy atom. The van der Waals surface area contributed by atoms with Crippen LogP contribution in [0.15, 0.2) is 58.5 Å². The number of piperidine rings is 2. The van der Waals surface area contributed by atoms with Crippen LogP contribution in [0, 0.1) is 0 Å². The minimum absolute atomic E-state index is 0.0233. The monoisotopic (exact) mass is 633 g/mol. The summed E-state index contributed by atoms with van der Waals surface area (Å²) in [7, 11) is -2.35. The number of hydrogen-bond donors (Lipinski definition) is 1. The highest BCUT2D eigenvalue weighted by molar-refractivity contribution is 7.89. The molecular weight excluding hydrogens is 590 g/mol. The second-order valence-corrected chi connectivity index (χ2v) is 14.1. The number of hydrogen-bond acceptors (Lipinski definition) is 9. The van der Waals surface area contributed by atoms with Gasteiger partial charge in [-0.15, -0.1) is 11.3 Å². The van der Waals surface area contributed by atoms with E-state index in [-0.39, 0.29) is 43.0 Å². The number of aliphatic hydroxyl groups is 1. The summed E-state index contributed by atoms with van der Waals surface area (Å²) in [6, 6.07) is 10.7. The van der Waals surface area contributed by atoms with Gasteiger partial charge in [-0.05, 0) is 80.6 Å². The fourth-order valence-electron chi connectivity index (χ4n) is 6.13. The van der Waals surface area contributed by atoms with Gasteiger partial charge in [0.2, 0.25) is 16.3 Å². The lowest BCUT2D eigenvalue weighted by Gasteiger charge is -2.40. The lowest BCUT2D eigenvalue weighted by Crippen LogP contribution is -2.49. The molecule has 5 rings (SSSR count). The Morgan fingerprint density at radius 2 is 1.81 bits per heavy atom. The fraction of sp³-hybridized carbons (Fsp3) is 0.581. The van der Waals surface area contributed by atoms with Gasteiger partial charge in [0.25, 0.3) is 5.91 Å². The van der Waals surface area contributed by atoms with Crippen molar-refractivity contribution in [1.82, 2.24) is 14.1 Å². The number of allylic oxidation sites excluding steroid dienone is 1. The Morgan fingerprint density at radius 1 is 1.07 bits per heavy atom. The van der Waals surface area contributed by atoms with Crippen molar-refractivity contribution in [3.8, 4) is 5.75 Å². The lowest BCUT2D eigenvalue weighted by molar-refractivity contribution is -0.153. The molecule has 2 fully saturated rings. The number of nitrogens with zero attached hydrogens (tertiary/aromatic N) is 3. The molecule has 12 heteroatoms. The van der Waals surface area contributed by atoms with Crippen LogP contribution in [0.2, 0.25) is 0 Å². The third-order valence-electron chi connectivity index (χ3n) is 8.53. The molecule has 3 aliphatic heterocycles. The highest BCUT2D eigenvalue weighted by atomic mass is 32.2. The van der Waals surface area contributed by atoms with Crippen LogP contribution in [-0.2, 0) is 24.3 Å². The SMILES string of the molecule is COc1ccc(S(=O)(=O)N(CCO)CCO[C@@H]2C[C@H](c3cccs3)C=C(C(=O)N3CCC(N4CCCCC4)CC3)O2)cc1. The molecule has 1 aromatic heterocycles. The first kappa shape index (κ1) is 31.9. The standard InChI is InChI=1S/C31H43N3O7S2/c1-39-26-7-9-27(10-8-26)43(37,38)34(17-19-35)18-20-40-30-23-24(29-6-5-21-42-29)22-28(41-30)31(36)33-15-11-25(12-16-33)32-13-3-2-4-14-32/h5-10,21-22,24-25,30,35H,2-4,11-20,23H2,1H3/t24-,30+/m1/s1. The summed E-state index contributed by atoms with van der Waals surface area (Å²) in [5, 5.41) is 11.6. The molecule has 0 unspecified atom stereocenters. The number of carbonyl (C=O) groups excluding carboxylic acids is 1. The summed E-state index contributed by atoms with van der Waals surface area (Å²) in [6.07, 6.45) is 7.49. The van der Waals surface area contributed by atoms with Crippen LogP contribution in [0.3, 0.4) is 0 Å². The normalized spacial score (nSPS) is 22.3. The lowest BCUT2D eigenvalue weighted by atomic mass is 9.98. The van der Waals surface area contributed by atoms with E-state index in [1.807, 2.05) is 28.5 Å². The van der Waals surface area contributed by atoms with Gasteiger partial charge in [-0.3, -0.25) is 4.79 Å². The molecule has 2 saturated heterocycles. The topological polar surface area (TPSA) is 109 Å². The highest BCUT2D eigenvalue weighted by Gasteiger charge is 2.34. The second-order valence-electron chi connectivity index (χ2n) is 11.2. The van der Waals surface area contributed by atoms with Crippen molar-refractivity contribution in [2.75, 3.05) is 59.6 Å². The van der Waals surface area contributed by atoms with Crippen LogP contribution < -0.4 is 4.74 Å². The number of amides is 1. The van der Waals surface area contributed by atoms with Gasteiger partial charge >= 0.3 is 0 Å². The van der Waals surface area contributed by atoms with Crippen molar-refractivity contribution in [3.05, 3.63) is 58.5 Å². The number of benzene rings is 1. The van der Waals surface area contributed by atoms with E-state index in [1.165, 1.54) is 42.8 Å². The predicted molar refractivity (Wildman–Crippen MR) is 164 cm³/mol. The van der Waals surface area contributed by atoms with E-state index in [0.717, 1.165) is 30.8 Å². The van der Waals surface area contributed by atoms with Crippen molar-refractivity contribution in [3.63, 3.8) is 0 Å². The maximum Gasteiger partial charge on any atom is 0.288 e. The van der Waals surface area contributed by atoms with Crippen LogP contribution in [-0.4, -0.2) is 105 Å². The van der Waals surface area contributed by atoms with Gasteiger partial charge in [-0.2, -0.15) is 4.31 Å². The smallest absolute Gasteiger partial charge is 0.288 e.